The quantitative estimate of drug-likeness (QED) is 0.912. The highest BCUT2D eigenvalue weighted by Gasteiger charge is 2.12. The Bertz CT molecular complexity index is 574. The van der Waals surface area contributed by atoms with Crippen molar-refractivity contribution in [3.63, 3.8) is 0 Å². The second-order valence-corrected chi connectivity index (χ2v) is 5.55. The molecular weight excluding hydrogens is 295 g/mol. The minimum absolute atomic E-state index is 0.00488. The van der Waals surface area contributed by atoms with Crippen LogP contribution in [0.3, 0.4) is 0 Å². The molecule has 106 valence electrons. The maximum atomic E-state index is 6.22. The van der Waals surface area contributed by atoms with E-state index in [9.17, 15) is 0 Å². The minimum atomic E-state index is 0.00488. The van der Waals surface area contributed by atoms with Crippen LogP contribution in [-0.4, -0.2) is 11.0 Å². The van der Waals surface area contributed by atoms with Crippen LogP contribution < -0.4 is 10.5 Å². The highest BCUT2D eigenvalue weighted by Crippen LogP contribution is 2.33. The zero-order chi connectivity index (χ0) is 14.5. The lowest BCUT2D eigenvalue weighted by molar-refractivity contribution is 0.302. The molecule has 5 heteroatoms. The summed E-state index contributed by atoms with van der Waals surface area (Å²) in [6.07, 6.45) is 4.14. The number of nitrogens with zero attached hydrogens (tertiary/aromatic N) is 1. The largest absolute Gasteiger partial charge is 0.487 e. The summed E-state index contributed by atoms with van der Waals surface area (Å²) in [5, 5.41) is 1.08. The van der Waals surface area contributed by atoms with Crippen molar-refractivity contribution >= 4 is 23.2 Å². The summed E-state index contributed by atoms with van der Waals surface area (Å²) in [7, 11) is 0. The number of halogens is 2. The molecule has 1 atom stereocenters. The molecule has 0 amide bonds. The van der Waals surface area contributed by atoms with Crippen molar-refractivity contribution in [3.05, 3.63) is 57.8 Å². The van der Waals surface area contributed by atoms with Crippen molar-refractivity contribution in [2.45, 2.75) is 26.0 Å². The van der Waals surface area contributed by atoms with Crippen LogP contribution in [0.1, 0.15) is 18.1 Å². The van der Waals surface area contributed by atoms with Crippen LogP contribution in [-0.2, 0) is 13.0 Å². The van der Waals surface area contributed by atoms with Gasteiger partial charge in [-0.05, 0) is 37.1 Å². The molecule has 0 bridgehead atoms. The monoisotopic (exact) mass is 310 g/mol. The molecule has 0 aliphatic heterocycles. The number of aromatic nitrogens is 1. The van der Waals surface area contributed by atoms with Crippen LogP contribution in [0.4, 0.5) is 0 Å². The normalized spacial score (nSPS) is 12.2. The molecule has 0 saturated carbocycles. The topological polar surface area (TPSA) is 48.1 Å². The standard InChI is InChI=1S/C15H16Cl2N2O/c1-10(18)5-12-6-13(16)7-14(17)15(12)20-9-11-3-2-4-19-8-11/h2-4,6-8,10H,5,9,18H2,1H3. The number of nitrogens with two attached hydrogens (primary N) is 1. The summed E-state index contributed by atoms with van der Waals surface area (Å²) < 4.78 is 5.82. The molecule has 2 aromatic rings. The maximum absolute atomic E-state index is 6.22. The van der Waals surface area contributed by atoms with E-state index in [4.69, 9.17) is 33.7 Å². The molecule has 0 radical (unpaired) electrons. The Morgan fingerprint density at radius 3 is 2.80 bits per heavy atom. The summed E-state index contributed by atoms with van der Waals surface area (Å²) in [6, 6.07) is 7.33. The smallest absolute Gasteiger partial charge is 0.141 e. The van der Waals surface area contributed by atoms with Gasteiger partial charge in [0.15, 0.2) is 0 Å². The molecule has 1 aromatic carbocycles. The average molecular weight is 311 g/mol. The Morgan fingerprint density at radius 2 is 2.15 bits per heavy atom. The first-order chi connectivity index (χ1) is 9.56. The van der Waals surface area contributed by atoms with Gasteiger partial charge in [0, 0.05) is 29.0 Å². The van der Waals surface area contributed by atoms with Crippen molar-refractivity contribution in [3.8, 4) is 5.75 Å². The Morgan fingerprint density at radius 1 is 1.35 bits per heavy atom. The fourth-order valence-corrected chi connectivity index (χ4v) is 2.50. The van der Waals surface area contributed by atoms with Gasteiger partial charge in [0.1, 0.15) is 12.4 Å². The number of benzene rings is 1. The third-order valence-corrected chi connectivity index (χ3v) is 3.23. The first-order valence-corrected chi connectivity index (χ1v) is 7.07. The van der Waals surface area contributed by atoms with E-state index < -0.39 is 0 Å². The molecule has 0 aliphatic rings. The van der Waals surface area contributed by atoms with Gasteiger partial charge >= 0.3 is 0 Å². The Hall–Kier alpha value is -1.29. The molecule has 1 heterocycles. The van der Waals surface area contributed by atoms with Crippen LogP contribution >= 0.6 is 23.2 Å². The van der Waals surface area contributed by atoms with E-state index >= 15 is 0 Å². The summed E-state index contributed by atoms with van der Waals surface area (Å²) in [6.45, 7) is 2.33. The molecule has 0 fully saturated rings. The fourth-order valence-electron chi connectivity index (χ4n) is 1.91. The van der Waals surface area contributed by atoms with Gasteiger partial charge in [-0.2, -0.15) is 0 Å². The van der Waals surface area contributed by atoms with Crippen LogP contribution in [0.25, 0.3) is 0 Å². The molecule has 20 heavy (non-hydrogen) atoms. The zero-order valence-corrected chi connectivity index (χ0v) is 12.7. The Balaban J connectivity index is 2.21. The van der Waals surface area contributed by atoms with E-state index in [1.54, 1.807) is 18.5 Å². The number of hydrogen-bond acceptors (Lipinski definition) is 3. The highest BCUT2D eigenvalue weighted by atomic mass is 35.5. The van der Waals surface area contributed by atoms with Crippen LogP contribution in [0.5, 0.6) is 5.75 Å². The second-order valence-electron chi connectivity index (χ2n) is 4.71. The lowest BCUT2D eigenvalue weighted by atomic mass is 10.1. The highest BCUT2D eigenvalue weighted by molar-refractivity contribution is 6.35. The summed E-state index contributed by atoms with van der Waals surface area (Å²) in [4.78, 5) is 4.05. The summed E-state index contributed by atoms with van der Waals surface area (Å²) >= 11 is 12.3. The van der Waals surface area contributed by atoms with E-state index in [2.05, 4.69) is 4.98 Å². The molecule has 2 rings (SSSR count). The number of hydrogen-bond donors (Lipinski definition) is 1. The first kappa shape index (κ1) is 15.1. The predicted molar refractivity (Wildman–Crippen MR) is 82.4 cm³/mol. The number of ether oxygens (including phenoxy) is 1. The molecule has 0 saturated heterocycles. The van der Waals surface area contributed by atoms with Crippen molar-refractivity contribution < 1.29 is 4.74 Å². The van der Waals surface area contributed by atoms with E-state index in [1.165, 1.54) is 0 Å². The zero-order valence-electron chi connectivity index (χ0n) is 11.1. The van der Waals surface area contributed by atoms with E-state index in [0.29, 0.717) is 28.8 Å². The minimum Gasteiger partial charge on any atom is -0.487 e. The van der Waals surface area contributed by atoms with Gasteiger partial charge in [0.2, 0.25) is 0 Å². The van der Waals surface area contributed by atoms with E-state index in [-0.39, 0.29) is 6.04 Å². The molecule has 1 unspecified atom stereocenters. The lowest BCUT2D eigenvalue weighted by Crippen LogP contribution is -2.18. The van der Waals surface area contributed by atoms with Gasteiger partial charge in [-0.25, -0.2) is 0 Å². The van der Waals surface area contributed by atoms with Crippen LogP contribution in [0, 0.1) is 0 Å². The SMILES string of the molecule is CC(N)Cc1cc(Cl)cc(Cl)c1OCc1cccnc1. The van der Waals surface area contributed by atoms with Gasteiger partial charge in [0.05, 0.1) is 5.02 Å². The van der Waals surface area contributed by atoms with Crippen LogP contribution in [0.15, 0.2) is 36.7 Å². The van der Waals surface area contributed by atoms with Crippen molar-refractivity contribution in [1.82, 2.24) is 4.98 Å². The summed E-state index contributed by atoms with van der Waals surface area (Å²) in [5.74, 6) is 0.636. The Labute approximate surface area is 128 Å². The number of pyridine rings is 1. The fraction of sp³-hybridized carbons (Fsp3) is 0.267. The maximum Gasteiger partial charge on any atom is 0.141 e. The van der Waals surface area contributed by atoms with Gasteiger partial charge in [-0.1, -0.05) is 29.3 Å². The average Bonchev–Trinajstić information content (AvgIpc) is 2.38. The van der Waals surface area contributed by atoms with Gasteiger partial charge < -0.3 is 10.5 Å². The van der Waals surface area contributed by atoms with Crippen molar-refractivity contribution in [1.29, 1.82) is 0 Å². The van der Waals surface area contributed by atoms with Gasteiger partial charge in [-0.15, -0.1) is 0 Å². The van der Waals surface area contributed by atoms with Gasteiger partial charge in [-0.3, -0.25) is 4.98 Å². The molecule has 2 N–H and O–H groups in total. The van der Waals surface area contributed by atoms with Crippen LogP contribution in [0.2, 0.25) is 10.0 Å². The molecule has 1 aromatic heterocycles. The third-order valence-electron chi connectivity index (χ3n) is 2.73. The second kappa shape index (κ2) is 6.93. The third kappa shape index (κ3) is 4.10. The molecule has 0 aliphatic carbocycles. The molecule has 0 spiro atoms. The number of rotatable bonds is 5. The molecule has 3 nitrogen and oxygen atoms in total. The molecular formula is C15H16Cl2N2O. The van der Waals surface area contributed by atoms with Crippen molar-refractivity contribution in [2.24, 2.45) is 5.73 Å². The van der Waals surface area contributed by atoms with E-state index in [1.807, 2.05) is 25.1 Å². The first-order valence-electron chi connectivity index (χ1n) is 6.31. The lowest BCUT2D eigenvalue weighted by Gasteiger charge is -2.15. The Kier molecular flexibility index (Phi) is 5.24. The summed E-state index contributed by atoms with van der Waals surface area (Å²) in [5.41, 5.74) is 7.74. The van der Waals surface area contributed by atoms with E-state index in [0.717, 1.165) is 11.1 Å². The predicted octanol–water partition coefficient (Wildman–Crippen LogP) is 3.86. The van der Waals surface area contributed by atoms with Gasteiger partial charge in [0.25, 0.3) is 0 Å². The van der Waals surface area contributed by atoms with Crippen molar-refractivity contribution in [2.75, 3.05) is 0 Å².